The maximum absolute atomic E-state index is 13.7. The molecule has 4 heterocycles. The van der Waals surface area contributed by atoms with Gasteiger partial charge in [-0.25, -0.2) is 9.59 Å². The van der Waals surface area contributed by atoms with Crippen LogP contribution in [0.3, 0.4) is 0 Å². The fourth-order valence-corrected chi connectivity index (χ4v) is 6.73. The van der Waals surface area contributed by atoms with Crippen molar-refractivity contribution in [1.29, 1.82) is 0 Å². The minimum atomic E-state index is -4.52. The van der Waals surface area contributed by atoms with Crippen molar-refractivity contribution in [2.24, 2.45) is 0 Å². The average molecular weight is 891 g/mol. The first-order valence-corrected chi connectivity index (χ1v) is 20.4. The minimum Gasteiger partial charge on any atom is -0.444 e. The first-order valence-electron chi connectivity index (χ1n) is 20.4. The van der Waals surface area contributed by atoms with Crippen molar-refractivity contribution in [2.75, 3.05) is 115 Å². The van der Waals surface area contributed by atoms with Gasteiger partial charge in [-0.05, 0) is 77.4 Å². The second kappa shape index (κ2) is 22.9. The quantitative estimate of drug-likeness (QED) is 0.239. The van der Waals surface area contributed by atoms with E-state index in [1.54, 1.807) is 42.7 Å². The maximum atomic E-state index is 13.7. The molecule has 13 nitrogen and oxygen atoms in total. The highest BCUT2D eigenvalue weighted by molar-refractivity contribution is 5.79. The van der Waals surface area contributed by atoms with Gasteiger partial charge in [0.15, 0.2) is 6.29 Å². The Labute approximate surface area is 361 Å². The number of aldehydes is 1. The number of anilines is 2. The van der Waals surface area contributed by atoms with E-state index in [-0.39, 0.29) is 49.2 Å². The lowest BCUT2D eigenvalue weighted by molar-refractivity contribution is -0.139. The summed E-state index contributed by atoms with van der Waals surface area (Å²) in [5.74, 6) is 0. The van der Waals surface area contributed by atoms with Crippen molar-refractivity contribution < 1.29 is 59.7 Å². The number of nitrogens with one attached hydrogen (secondary N) is 1. The second-order valence-electron chi connectivity index (χ2n) is 16.9. The van der Waals surface area contributed by atoms with Crippen LogP contribution in [0.2, 0.25) is 0 Å². The van der Waals surface area contributed by atoms with E-state index >= 15 is 0 Å². The normalized spacial score (nSPS) is 18.0. The van der Waals surface area contributed by atoms with Crippen LogP contribution >= 0.6 is 0 Å². The number of halogens is 6. The molecule has 0 atom stereocenters. The van der Waals surface area contributed by atoms with Crippen LogP contribution in [-0.4, -0.2) is 149 Å². The lowest BCUT2D eigenvalue weighted by atomic mass is 10.0. The summed E-state index contributed by atoms with van der Waals surface area (Å²) in [6.45, 7) is 20.6. The number of rotatable bonds is 5. The molecule has 0 radical (unpaired) electrons. The first kappa shape index (κ1) is 52.0. The minimum absolute atomic E-state index is 0. The predicted molar refractivity (Wildman–Crippen MR) is 225 cm³/mol. The molecule has 2 amide bonds. The molecule has 350 valence electrons. The molecule has 0 spiro atoms. The summed E-state index contributed by atoms with van der Waals surface area (Å²) in [4.78, 5) is 43.3. The van der Waals surface area contributed by atoms with Crippen LogP contribution in [0.1, 0.15) is 76.0 Å². The summed E-state index contributed by atoms with van der Waals surface area (Å²) in [5.41, 5.74) is -1.48. The third-order valence-corrected chi connectivity index (χ3v) is 9.81. The Morgan fingerprint density at radius 3 is 1.47 bits per heavy atom. The molecule has 6 rings (SSSR count). The van der Waals surface area contributed by atoms with E-state index in [0.717, 1.165) is 32.2 Å². The molecule has 2 aromatic carbocycles. The summed E-state index contributed by atoms with van der Waals surface area (Å²) in [6, 6.07) is 8.35. The van der Waals surface area contributed by atoms with Gasteiger partial charge < -0.3 is 43.9 Å². The van der Waals surface area contributed by atoms with Gasteiger partial charge in [0.1, 0.15) is 11.2 Å². The largest absolute Gasteiger partial charge is 0.444 e. The zero-order valence-corrected chi connectivity index (χ0v) is 35.9. The highest BCUT2D eigenvalue weighted by atomic mass is 19.4. The zero-order chi connectivity index (χ0) is 45.0. The van der Waals surface area contributed by atoms with E-state index < -0.39 is 29.1 Å². The molecule has 4 aliphatic rings. The summed E-state index contributed by atoms with van der Waals surface area (Å²) < 4.78 is 101. The van der Waals surface area contributed by atoms with Crippen LogP contribution < -0.4 is 15.1 Å². The molecule has 0 aromatic heterocycles. The van der Waals surface area contributed by atoms with Gasteiger partial charge in [-0.15, -0.1) is 0 Å². The standard InChI is InChI=1S/C21H30F3N3O3.C12H12F3NO2.C9H18N2O2.CH4/c1-20(2,3)30-19(28)27-8-6-25(7-9-27)15-16-4-5-17(14-18(16)21(22,23)24)26-10-12-29-13-11-26;13-12(14,15)11-7-10(2-1-9(11)8-17)16-3-5-18-6-4-16;1-9(2,3)13-8(12)11-6-4-10-5-7-11;/h4-5,14H,6-13,15H2,1-3H3;1-2,7-8H,3-6H2;10H,4-7H2,1-3H3;1H4. The van der Waals surface area contributed by atoms with Crippen LogP contribution in [0.25, 0.3) is 0 Å². The van der Waals surface area contributed by atoms with Crippen LogP contribution in [0, 0.1) is 0 Å². The molecule has 2 aromatic rings. The monoisotopic (exact) mass is 890 g/mol. The number of morpholine rings is 2. The Morgan fingerprint density at radius 2 is 1.05 bits per heavy atom. The Balaban J connectivity index is 0.000000272. The van der Waals surface area contributed by atoms with Gasteiger partial charge in [0.05, 0.1) is 37.6 Å². The van der Waals surface area contributed by atoms with Crippen molar-refractivity contribution in [3.8, 4) is 0 Å². The number of hydrogen-bond acceptors (Lipinski definition) is 11. The average Bonchev–Trinajstić information content (AvgIpc) is 3.20. The highest BCUT2D eigenvalue weighted by Gasteiger charge is 2.36. The molecule has 62 heavy (non-hydrogen) atoms. The van der Waals surface area contributed by atoms with E-state index in [1.807, 2.05) is 35.5 Å². The molecule has 19 heteroatoms. The number of piperazine rings is 2. The molecule has 0 unspecified atom stereocenters. The van der Waals surface area contributed by atoms with Crippen LogP contribution in [0.15, 0.2) is 36.4 Å². The van der Waals surface area contributed by atoms with Gasteiger partial charge in [0, 0.05) is 102 Å². The number of ether oxygens (including phenoxy) is 4. The Hall–Kier alpha value is -4.33. The first-order chi connectivity index (χ1) is 28.5. The molecule has 4 fully saturated rings. The van der Waals surface area contributed by atoms with Gasteiger partial charge in [0.25, 0.3) is 0 Å². The van der Waals surface area contributed by atoms with E-state index in [9.17, 15) is 40.7 Å². The smallest absolute Gasteiger partial charge is 0.417 e. The second-order valence-corrected chi connectivity index (χ2v) is 16.9. The number of nitrogens with zero attached hydrogens (tertiary/aromatic N) is 5. The number of carbonyl (C=O) groups excluding carboxylic acids is 3. The number of hydrogen-bond donors (Lipinski definition) is 1. The number of carbonyl (C=O) groups is 3. The Morgan fingerprint density at radius 1 is 0.629 bits per heavy atom. The summed E-state index contributed by atoms with van der Waals surface area (Å²) in [7, 11) is 0. The number of alkyl halides is 6. The zero-order valence-electron chi connectivity index (χ0n) is 35.9. The maximum Gasteiger partial charge on any atom is 0.417 e. The molecule has 1 N–H and O–H groups in total. The lowest BCUT2D eigenvalue weighted by Crippen LogP contribution is -2.49. The van der Waals surface area contributed by atoms with Gasteiger partial charge >= 0.3 is 24.5 Å². The van der Waals surface area contributed by atoms with Crippen LogP contribution in [0.5, 0.6) is 0 Å². The molecule has 0 aliphatic carbocycles. The molecular formula is C43H64F6N6O7. The van der Waals surface area contributed by atoms with Crippen molar-refractivity contribution in [2.45, 2.75) is 79.1 Å². The van der Waals surface area contributed by atoms with E-state index in [4.69, 9.17) is 18.9 Å². The number of benzene rings is 2. The van der Waals surface area contributed by atoms with Crippen molar-refractivity contribution in [3.05, 3.63) is 58.7 Å². The highest BCUT2D eigenvalue weighted by Crippen LogP contribution is 2.36. The van der Waals surface area contributed by atoms with Crippen LogP contribution in [0.4, 0.5) is 47.3 Å². The molecule has 4 aliphatic heterocycles. The summed E-state index contributed by atoms with van der Waals surface area (Å²) in [5, 5.41) is 3.18. The van der Waals surface area contributed by atoms with E-state index in [2.05, 4.69) is 5.32 Å². The Kier molecular flexibility index (Phi) is 19.2. The fourth-order valence-electron chi connectivity index (χ4n) is 6.73. The summed E-state index contributed by atoms with van der Waals surface area (Å²) in [6.07, 6.45) is -9.29. The van der Waals surface area contributed by atoms with Crippen molar-refractivity contribution >= 4 is 29.8 Å². The molecule has 0 saturated carbocycles. The Bertz CT molecular complexity index is 1730. The molecular weight excluding hydrogens is 826 g/mol. The van der Waals surface area contributed by atoms with Crippen molar-refractivity contribution in [3.63, 3.8) is 0 Å². The van der Waals surface area contributed by atoms with Gasteiger partial charge in [0.2, 0.25) is 0 Å². The van der Waals surface area contributed by atoms with Gasteiger partial charge in [-0.3, -0.25) is 9.69 Å². The van der Waals surface area contributed by atoms with E-state index in [1.165, 1.54) is 18.2 Å². The van der Waals surface area contributed by atoms with Crippen molar-refractivity contribution in [1.82, 2.24) is 20.0 Å². The SMILES string of the molecule is C.CC(C)(C)OC(=O)N1CCN(Cc2ccc(N3CCOCC3)cc2C(F)(F)F)CC1.CC(C)(C)OC(=O)N1CCNCC1.O=Cc1ccc(N2CCOCC2)cc1C(F)(F)F. The lowest BCUT2D eigenvalue weighted by Gasteiger charge is -2.36. The molecule has 4 saturated heterocycles. The van der Waals surface area contributed by atoms with Gasteiger partial charge in [-0.2, -0.15) is 26.3 Å². The van der Waals surface area contributed by atoms with Gasteiger partial charge in [-0.1, -0.05) is 13.5 Å². The number of amides is 2. The summed E-state index contributed by atoms with van der Waals surface area (Å²) >= 11 is 0. The predicted octanol–water partition coefficient (Wildman–Crippen LogP) is 7.41. The topological polar surface area (TPSA) is 116 Å². The molecule has 0 bridgehead atoms. The third kappa shape index (κ3) is 16.7. The third-order valence-electron chi connectivity index (χ3n) is 9.81. The van der Waals surface area contributed by atoms with Crippen LogP contribution in [-0.2, 0) is 37.8 Å². The van der Waals surface area contributed by atoms with E-state index in [0.29, 0.717) is 90.2 Å². The fraction of sp³-hybridized carbons (Fsp3) is 0.651.